The summed E-state index contributed by atoms with van der Waals surface area (Å²) in [4.78, 5) is 43.4. The minimum absolute atomic E-state index is 0.234. The summed E-state index contributed by atoms with van der Waals surface area (Å²) in [5.74, 6) is -1.19. The number of hydrogen-bond donors (Lipinski definition) is 0. The molecule has 2 aromatic carbocycles. The van der Waals surface area contributed by atoms with E-state index in [1.54, 1.807) is 38.1 Å². The number of esters is 1. The molecular formula is C24H24N2O5S. The van der Waals surface area contributed by atoms with Gasteiger partial charge in [-0.1, -0.05) is 30.0 Å². The molecule has 0 bridgehead atoms. The lowest BCUT2D eigenvalue weighted by atomic mass is 10.2. The molecule has 0 aromatic heterocycles. The average Bonchev–Trinajstić information content (AvgIpc) is 3.04. The van der Waals surface area contributed by atoms with Crippen LogP contribution in [0.3, 0.4) is 0 Å². The van der Waals surface area contributed by atoms with Crippen molar-refractivity contribution >= 4 is 35.2 Å². The van der Waals surface area contributed by atoms with E-state index in [9.17, 15) is 14.4 Å². The third-order valence-corrected chi connectivity index (χ3v) is 6.09. The van der Waals surface area contributed by atoms with Crippen LogP contribution in [0.1, 0.15) is 24.2 Å². The fraction of sp³-hybridized carbons (Fsp3) is 0.292. The third kappa shape index (κ3) is 4.56. The van der Waals surface area contributed by atoms with Gasteiger partial charge >= 0.3 is 5.97 Å². The van der Waals surface area contributed by atoms with Crippen LogP contribution < -0.4 is 4.90 Å². The number of imide groups is 1. The number of nitrogens with zero attached hydrogens (tertiary/aromatic N) is 2. The zero-order valence-electron chi connectivity index (χ0n) is 17.9. The van der Waals surface area contributed by atoms with Gasteiger partial charge in [-0.25, -0.2) is 9.69 Å². The molecule has 8 heteroatoms. The molecule has 0 N–H and O–H groups in total. The Morgan fingerprint density at radius 2 is 1.62 bits per heavy atom. The monoisotopic (exact) mass is 452 g/mol. The van der Waals surface area contributed by atoms with Gasteiger partial charge in [-0.15, -0.1) is 0 Å². The summed E-state index contributed by atoms with van der Waals surface area (Å²) >= 11 is 1.29. The first-order valence-electron chi connectivity index (χ1n) is 10.5. The van der Waals surface area contributed by atoms with Crippen molar-refractivity contribution in [3.63, 3.8) is 0 Å². The molecule has 2 aromatic rings. The number of thioether (sulfide) groups is 1. The highest BCUT2D eigenvalue weighted by atomic mass is 32.2. The summed E-state index contributed by atoms with van der Waals surface area (Å²) in [7, 11) is 0. The number of rotatable bonds is 6. The van der Waals surface area contributed by atoms with Crippen LogP contribution in [0.4, 0.5) is 5.69 Å². The van der Waals surface area contributed by atoms with E-state index in [0.29, 0.717) is 48.2 Å². The summed E-state index contributed by atoms with van der Waals surface area (Å²) in [6.45, 7) is 5.64. The molecule has 1 fully saturated rings. The Balaban J connectivity index is 1.64. The van der Waals surface area contributed by atoms with Crippen LogP contribution >= 0.6 is 11.8 Å². The van der Waals surface area contributed by atoms with Crippen molar-refractivity contribution in [1.29, 1.82) is 0 Å². The quantitative estimate of drug-likeness (QED) is 0.491. The molecule has 0 aliphatic carbocycles. The van der Waals surface area contributed by atoms with Crippen molar-refractivity contribution in [2.24, 2.45) is 0 Å². The topological polar surface area (TPSA) is 76.2 Å². The van der Waals surface area contributed by atoms with E-state index in [2.05, 4.69) is 0 Å². The van der Waals surface area contributed by atoms with E-state index in [4.69, 9.17) is 9.47 Å². The lowest BCUT2D eigenvalue weighted by Crippen LogP contribution is -2.40. The maximum atomic E-state index is 13.4. The van der Waals surface area contributed by atoms with Crippen LogP contribution in [0.15, 0.2) is 70.1 Å². The zero-order chi connectivity index (χ0) is 22.7. The largest absolute Gasteiger partial charge is 0.459 e. The highest BCUT2D eigenvalue weighted by molar-refractivity contribution is 8.04. The number of morpholine rings is 1. The number of anilines is 1. The Morgan fingerprint density at radius 3 is 2.25 bits per heavy atom. The van der Waals surface area contributed by atoms with Gasteiger partial charge < -0.3 is 14.4 Å². The van der Waals surface area contributed by atoms with Crippen LogP contribution in [0, 0.1) is 0 Å². The van der Waals surface area contributed by atoms with E-state index < -0.39 is 5.97 Å². The first kappa shape index (κ1) is 22.1. The van der Waals surface area contributed by atoms with Gasteiger partial charge in [-0.05, 0) is 50.2 Å². The number of carbonyl (C=O) groups is 3. The molecule has 166 valence electrons. The second-order valence-electron chi connectivity index (χ2n) is 7.64. The predicted molar refractivity (Wildman–Crippen MR) is 121 cm³/mol. The summed E-state index contributed by atoms with van der Waals surface area (Å²) in [5.41, 5.74) is 1.17. The number of ether oxygens (including phenoxy) is 2. The van der Waals surface area contributed by atoms with Gasteiger partial charge in [0.25, 0.3) is 11.8 Å². The molecule has 0 saturated carbocycles. The number of benzene rings is 2. The smallest absolute Gasteiger partial charge is 0.338 e. The normalized spacial score (nSPS) is 16.8. The molecule has 7 nitrogen and oxygen atoms in total. The first-order chi connectivity index (χ1) is 15.5. The number of carbonyl (C=O) groups excluding carboxylic acids is 3. The molecule has 0 radical (unpaired) electrons. The van der Waals surface area contributed by atoms with Crippen LogP contribution in [0.25, 0.3) is 0 Å². The van der Waals surface area contributed by atoms with Crippen LogP contribution in [-0.4, -0.2) is 55.1 Å². The number of amides is 2. The zero-order valence-corrected chi connectivity index (χ0v) is 18.8. The fourth-order valence-electron chi connectivity index (χ4n) is 3.53. The summed E-state index contributed by atoms with van der Waals surface area (Å²) < 4.78 is 10.6. The molecule has 1 saturated heterocycles. The van der Waals surface area contributed by atoms with Gasteiger partial charge in [0.2, 0.25) is 0 Å². The first-order valence-corrected chi connectivity index (χ1v) is 11.3. The Labute approximate surface area is 191 Å². The molecule has 2 aliphatic heterocycles. The molecule has 32 heavy (non-hydrogen) atoms. The van der Waals surface area contributed by atoms with Gasteiger partial charge in [0.15, 0.2) is 0 Å². The molecule has 4 rings (SSSR count). The SMILES string of the molecule is CC(C)OC(=O)c1ccc(N2C(=O)C(Sc3ccccc3)=C(N3CCOCC3)C2=O)cc1. The lowest BCUT2D eigenvalue weighted by Gasteiger charge is -2.29. The molecule has 0 unspecified atom stereocenters. The Hall–Kier alpha value is -3.10. The van der Waals surface area contributed by atoms with Gasteiger partial charge in [0.1, 0.15) is 10.6 Å². The van der Waals surface area contributed by atoms with Gasteiger partial charge in [-0.3, -0.25) is 9.59 Å². The van der Waals surface area contributed by atoms with Crippen LogP contribution in [0.2, 0.25) is 0 Å². The van der Waals surface area contributed by atoms with Gasteiger partial charge in [0, 0.05) is 18.0 Å². The maximum absolute atomic E-state index is 13.4. The minimum Gasteiger partial charge on any atom is -0.459 e. The fourth-order valence-corrected chi connectivity index (χ4v) is 4.55. The number of hydrogen-bond acceptors (Lipinski definition) is 7. The Bertz CT molecular complexity index is 1040. The van der Waals surface area contributed by atoms with E-state index >= 15 is 0 Å². The van der Waals surface area contributed by atoms with Gasteiger partial charge in [-0.2, -0.15) is 0 Å². The minimum atomic E-state index is -0.446. The summed E-state index contributed by atoms with van der Waals surface area (Å²) in [6, 6.07) is 15.8. The Morgan fingerprint density at radius 1 is 0.969 bits per heavy atom. The predicted octanol–water partition coefficient (Wildman–Crippen LogP) is 3.46. The van der Waals surface area contributed by atoms with Crippen LogP contribution in [-0.2, 0) is 19.1 Å². The molecule has 2 heterocycles. The maximum Gasteiger partial charge on any atom is 0.338 e. The van der Waals surface area contributed by atoms with E-state index in [1.165, 1.54) is 16.7 Å². The summed E-state index contributed by atoms with van der Waals surface area (Å²) in [5, 5.41) is 0. The van der Waals surface area contributed by atoms with E-state index in [0.717, 1.165) is 4.90 Å². The van der Waals surface area contributed by atoms with E-state index in [-0.39, 0.29) is 17.9 Å². The highest BCUT2D eigenvalue weighted by Gasteiger charge is 2.42. The van der Waals surface area contributed by atoms with Crippen LogP contribution in [0.5, 0.6) is 0 Å². The van der Waals surface area contributed by atoms with Crippen molar-refractivity contribution in [1.82, 2.24) is 4.90 Å². The highest BCUT2D eigenvalue weighted by Crippen LogP contribution is 2.38. The van der Waals surface area contributed by atoms with E-state index in [1.807, 2.05) is 35.2 Å². The van der Waals surface area contributed by atoms with Crippen molar-refractivity contribution in [2.45, 2.75) is 24.8 Å². The second kappa shape index (κ2) is 9.58. The molecule has 2 amide bonds. The third-order valence-electron chi connectivity index (χ3n) is 5.01. The standard InChI is InChI=1S/C24H24N2O5S/c1-16(2)31-24(29)17-8-10-18(11-9-17)26-22(27)20(25-12-14-30-15-13-25)21(23(26)28)32-19-6-4-3-5-7-19/h3-11,16H,12-15H2,1-2H3. The molecular weight excluding hydrogens is 428 g/mol. The van der Waals surface area contributed by atoms with Gasteiger partial charge in [0.05, 0.1) is 30.6 Å². The molecule has 0 atom stereocenters. The van der Waals surface area contributed by atoms with Crippen molar-refractivity contribution in [3.8, 4) is 0 Å². The molecule has 0 spiro atoms. The van der Waals surface area contributed by atoms with Crippen molar-refractivity contribution in [3.05, 3.63) is 70.8 Å². The van der Waals surface area contributed by atoms with Crippen molar-refractivity contribution < 1.29 is 23.9 Å². The summed E-state index contributed by atoms with van der Waals surface area (Å²) in [6.07, 6.45) is -0.234. The molecule has 2 aliphatic rings. The average molecular weight is 453 g/mol. The second-order valence-corrected chi connectivity index (χ2v) is 8.72. The van der Waals surface area contributed by atoms with Crippen molar-refractivity contribution in [2.75, 3.05) is 31.2 Å². The Kier molecular flexibility index (Phi) is 6.62. The lowest BCUT2D eigenvalue weighted by molar-refractivity contribution is -0.121.